The summed E-state index contributed by atoms with van der Waals surface area (Å²) in [6.07, 6.45) is 3.25. The summed E-state index contributed by atoms with van der Waals surface area (Å²) in [5, 5.41) is 0. The molecule has 2 aromatic rings. The number of sulfonamides is 1. The molecule has 146 valence electrons. The maximum absolute atomic E-state index is 12.0. The van der Waals surface area contributed by atoms with E-state index < -0.39 is 10.0 Å². The van der Waals surface area contributed by atoms with E-state index in [-0.39, 0.29) is 5.75 Å². The molecule has 1 aromatic heterocycles. The molecule has 7 heteroatoms. The van der Waals surface area contributed by atoms with E-state index in [1.165, 1.54) is 11.3 Å². The fourth-order valence-electron chi connectivity index (χ4n) is 3.23. The van der Waals surface area contributed by atoms with Crippen molar-refractivity contribution in [3.8, 4) is 0 Å². The Kier molecular flexibility index (Phi) is 6.21. The lowest BCUT2D eigenvalue weighted by Crippen LogP contribution is -2.46. The summed E-state index contributed by atoms with van der Waals surface area (Å²) in [7, 11) is -3.31. The molecule has 0 spiro atoms. The predicted octanol–water partition coefficient (Wildman–Crippen LogP) is 3.26. The van der Waals surface area contributed by atoms with Gasteiger partial charge in [0.05, 0.1) is 17.6 Å². The van der Waals surface area contributed by atoms with E-state index in [9.17, 15) is 8.42 Å². The Morgan fingerprint density at radius 2 is 1.74 bits per heavy atom. The summed E-state index contributed by atoms with van der Waals surface area (Å²) in [4.78, 5) is 8.97. The van der Waals surface area contributed by atoms with Crippen LogP contribution in [0.15, 0.2) is 42.6 Å². The maximum atomic E-state index is 12.0. The first-order valence-corrected chi connectivity index (χ1v) is 11.2. The Bertz CT molecular complexity index is 845. The van der Waals surface area contributed by atoms with Gasteiger partial charge in [0.25, 0.3) is 0 Å². The molecule has 0 saturated carbocycles. The molecule has 0 aliphatic carbocycles. The van der Waals surface area contributed by atoms with Crippen molar-refractivity contribution in [2.24, 2.45) is 0 Å². The number of hydrogen-bond acceptors (Lipinski definition) is 5. The Labute approximate surface area is 162 Å². The Morgan fingerprint density at radius 1 is 1.04 bits per heavy atom. The predicted molar refractivity (Wildman–Crippen MR) is 112 cm³/mol. The van der Waals surface area contributed by atoms with Crippen LogP contribution in [0.4, 0.5) is 17.2 Å². The van der Waals surface area contributed by atoms with Crippen LogP contribution >= 0.6 is 0 Å². The van der Waals surface area contributed by atoms with E-state index in [1.54, 1.807) is 12.3 Å². The van der Waals surface area contributed by atoms with Gasteiger partial charge in [-0.1, -0.05) is 25.5 Å². The highest BCUT2D eigenvalue weighted by Crippen LogP contribution is 2.22. The minimum absolute atomic E-state index is 0.133. The number of benzene rings is 1. The second kappa shape index (κ2) is 8.61. The van der Waals surface area contributed by atoms with Gasteiger partial charge in [0.2, 0.25) is 10.0 Å². The van der Waals surface area contributed by atoms with E-state index in [1.807, 2.05) is 13.0 Å². The number of anilines is 3. The van der Waals surface area contributed by atoms with Crippen LogP contribution < -0.4 is 14.5 Å². The van der Waals surface area contributed by atoms with Gasteiger partial charge in [0.1, 0.15) is 5.82 Å². The number of rotatable bonds is 7. The quantitative estimate of drug-likeness (QED) is 0.789. The molecule has 1 aliphatic heterocycles. The smallest absolute Gasteiger partial charge is 0.233 e. The lowest BCUT2D eigenvalue weighted by atomic mass is 10.2. The summed E-state index contributed by atoms with van der Waals surface area (Å²) in [6, 6.07) is 12.3. The van der Waals surface area contributed by atoms with Crippen LogP contribution in [0.2, 0.25) is 0 Å². The fourth-order valence-corrected chi connectivity index (χ4v) is 4.44. The van der Waals surface area contributed by atoms with Crippen LogP contribution in [0.25, 0.3) is 0 Å². The molecule has 27 heavy (non-hydrogen) atoms. The number of pyridine rings is 1. The normalized spacial score (nSPS) is 15.0. The first-order valence-electron chi connectivity index (χ1n) is 9.50. The minimum atomic E-state index is -3.31. The first kappa shape index (κ1) is 19.5. The van der Waals surface area contributed by atoms with Gasteiger partial charge >= 0.3 is 0 Å². The molecule has 1 fully saturated rings. The minimum Gasteiger partial charge on any atom is -0.368 e. The molecule has 0 radical (unpaired) electrons. The third-order valence-electron chi connectivity index (χ3n) is 4.79. The number of aromatic nitrogens is 1. The third kappa shape index (κ3) is 5.35. The molecule has 1 N–H and O–H groups in total. The SMILES string of the molecule is CCCCS(=O)(=O)Nc1ccc(N2CCN(c3cccc(C)c3)CC2)cn1. The molecular formula is C20H28N4O2S. The average Bonchev–Trinajstić information content (AvgIpc) is 2.67. The standard InChI is InChI=1S/C20H28N4O2S/c1-3-4-14-27(25,26)22-20-9-8-19(16-21-20)24-12-10-23(11-13-24)18-7-5-6-17(2)15-18/h5-9,15-16H,3-4,10-14H2,1-2H3,(H,21,22). The highest BCUT2D eigenvalue weighted by atomic mass is 32.2. The summed E-state index contributed by atoms with van der Waals surface area (Å²) < 4.78 is 26.5. The largest absolute Gasteiger partial charge is 0.368 e. The summed E-state index contributed by atoms with van der Waals surface area (Å²) in [5.74, 6) is 0.515. The van der Waals surface area contributed by atoms with Crippen LogP contribution in [0.5, 0.6) is 0 Å². The Hall–Kier alpha value is -2.28. The maximum Gasteiger partial charge on any atom is 0.233 e. The highest BCUT2D eigenvalue weighted by Gasteiger charge is 2.18. The molecular weight excluding hydrogens is 360 g/mol. The van der Waals surface area contributed by atoms with Crippen molar-refractivity contribution in [2.75, 3.05) is 46.5 Å². The number of piperazine rings is 1. The third-order valence-corrected chi connectivity index (χ3v) is 6.13. The zero-order valence-electron chi connectivity index (χ0n) is 16.1. The number of hydrogen-bond donors (Lipinski definition) is 1. The molecule has 6 nitrogen and oxygen atoms in total. The molecule has 0 unspecified atom stereocenters. The zero-order chi connectivity index (χ0) is 19.3. The van der Waals surface area contributed by atoms with Crippen LogP contribution in [0.3, 0.4) is 0 Å². The molecule has 0 amide bonds. The lowest BCUT2D eigenvalue weighted by Gasteiger charge is -2.37. The van der Waals surface area contributed by atoms with Crippen molar-refractivity contribution in [3.63, 3.8) is 0 Å². The van der Waals surface area contributed by atoms with Gasteiger partial charge in [0.15, 0.2) is 0 Å². The van der Waals surface area contributed by atoms with Gasteiger partial charge in [-0.3, -0.25) is 4.72 Å². The number of nitrogens with zero attached hydrogens (tertiary/aromatic N) is 3. The highest BCUT2D eigenvalue weighted by molar-refractivity contribution is 7.92. The second-order valence-electron chi connectivity index (χ2n) is 6.99. The average molecular weight is 389 g/mol. The molecule has 1 saturated heterocycles. The van der Waals surface area contributed by atoms with Crippen LogP contribution in [-0.4, -0.2) is 45.3 Å². The zero-order valence-corrected chi connectivity index (χ0v) is 16.9. The van der Waals surface area contributed by atoms with Crippen LogP contribution in [0, 0.1) is 6.92 Å². The van der Waals surface area contributed by atoms with Crippen molar-refractivity contribution in [1.29, 1.82) is 0 Å². The van der Waals surface area contributed by atoms with Gasteiger partial charge in [-0.2, -0.15) is 0 Å². The van der Waals surface area contributed by atoms with Crippen molar-refractivity contribution >= 4 is 27.2 Å². The van der Waals surface area contributed by atoms with Gasteiger partial charge in [0, 0.05) is 31.9 Å². The summed E-state index contributed by atoms with van der Waals surface area (Å²) in [6.45, 7) is 7.82. The van der Waals surface area contributed by atoms with Gasteiger partial charge in [-0.25, -0.2) is 13.4 Å². The lowest BCUT2D eigenvalue weighted by molar-refractivity contribution is 0.597. The van der Waals surface area contributed by atoms with Crippen LogP contribution in [0.1, 0.15) is 25.3 Å². The molecule has 2 heterocycles. The van der Waals surface area contributed by atoms with Gasteiger partial charge in [-0.05, 0) is 43.2 Å². The first-order chi connectivity index (χ1) is 13.0. The Morgan fingerprint density at radius 3 is 2.33 bits per heavy atom. The molecule has 1 aromatic carbocycles. The summed E-state index contributed by atoms with van der Waals surface area (Å²) in [5.41, 5.74) is 3.57. The van der Waals surface area contributed by atoms with Crippen molar-refractivity contribution in [2.45, 2.75) is 26.7 Å². The second-order valence-corrected chi connectivity index (χ2v) is 8.83. The molecule has 3 rings (SSSR count). The number of unbranched alkanes of at least 4 members (excludes halogenated alkanes) is 1. The van der Waals surface area contributed by atoms with Crippen LogP contribution in [-0.2, 0) is 10.0 Å². The Balaban J connectivity index is 1.57. The van der Waals surface area contributed by atoms with Crippen molar-refractivity contribution in [1.82, 2.24) is 4.98 Å². The topological polar surface area (TPSA) is 65.5 Å². The van der Waals surface area contributed by atoms with E-state index in [0.717, 1.165) is 38.3 Å². The van der Waals surface area contributed by atoms with E-state index in [0.29, 0.717) is 12.2 Å². The molecule has 1 aliphatic rings. The number of nitrogens with one attached hydrogen (secondary N) is 1. The van der Waals surface area contributed by atoms with Gasteiger partial charge in [-0.15, -0.1) is 0 Å². The number of aryl methyl sites for hydroxylation is 1. The molecule has 0 bridgehead atoms. The monoisotopic (exact) mass is 388 g/mol. The van der Waals surface area contributed by atoms with E-state index >= 15 is 0 Å². The molecule has 0 atom stereocenters. The fraction of sp³-hybridized carbons (Fsp3) is 0.450. The van der Waals surface area contributed by atoms with E-state index in [4.69, 9.17) is 0 Å². The van der Waals surface area contributed by atoms with Crippen molar-refractivity contribution < 1.29 is 8.42 Å². The summed E-state index contributed by atoms with van der Waals surface area (Å²) >= 11 is 0. The van der Waals surface area contributed by atoms with Gasteiger partial charge < -0.3 is 9.80 Å². The van der Waals surface area contributed by atoms with E-state index in [2.05, 4.69) is 50.7 Å². The van der Waals surface area contributed by atoms with Crippen molar-refractivity contribution in [3.05, 3.63) is 48.2 Å².